The van der Waals surface area contributed by atoms with E-state index in [2.05, 4.69) is 0 Å². The van der Waals surface area contributed by atoms with Crippen molar-refractivity contribution in [2.24, 2.45) is 0 Å². The third-order valence-corrected chi connectivity index (χ3v) is 2.16. The topological polar surface area (TPSA) is 35.5 Å². The Morgan fingerprint density at radius 1 is 1.35 bits per heavy atom. The highest BCUT2D eigenvalue weighted by Gasteiger charge is 2.08. The van der Waals surface area contributed by atoms with Gasteiger partial charge in [-0.05, 0) is 44.5 Å². The summed E-state index contributed by atoms with van der Waals surface area (Å²) in [6.07, 6.45) is 0.113. The zero-order valence-electron chi connectivity index (χ0n) is 10.3. The number of hydrogen-bond acceptors (Lipinski definition) is 3. The maximum atomic E-state index is 13.0. The fourth-order valence-corrected chi connectivity index (χ4v) is 1.27. The van der Waals surface area contributed by atoms with Gasteiger partial charge < -0.3 is 9.47 Å². The standard InChI is InChI=1S/C13H17FO3/c1-9(2)16-6-7-17-13(15)11-4-5-12(14)10(3)8-11/h4-5,8-9H,6-7H2,1-3H3. The van der Waals surface area contributed by atoms with E-state index in [-0.39, 0.29) is 18.5 Å². The van der Waals surface area contributed by atoms with Crippen molar-refractivity contribution in [2.75, 3.05) is 13.2 Å². The number of benzene rings is 1. The van der Waals surface area contributed by atoms with Gasteiger partial charge in [0.1, 0.15) is 12.4 Å². The van der Waals surface area contributed by atoms with Gasteiger partial charge in [0, 0.05) is 0 Å². The van der Waals surface area contributed by atoms with Gasteiger partial charge >= 0.3 is 5.97 Å². The number of ether oxygens (including phenoxy) is 2. The summed E-state index contributed by atoms with van der Waals surface area (Å²) in [5, 5.41) is 0. The van der Waals surface area contributed by atoms with E-state index in [1.165, 1.54) is 18.2 Å². The molecule has 0 fully saturated rings. The Bertz CT molecular complexity index is 388. The van der Waals surface area contributed by atoms with Gasteiger partial charge in [-0.1, -0.05) is 0 Å². The first-order valence-corrected chi connectivity index (χ1v) is 5.55. The summed E-state index contributed by atoms with van der Waals surface area (Å²) in [6.45, 7) is 5.99. The van der Waals surface area contributed by atoms with E-state index in [0.717, 1.165) is 0 Å². The third-order valence-electron chi connectivity index (χ3n) is 2.16. The molecule has 0 aliphatic heterocycles. The second-order valence-electron chi connectivity index (χ2n) is 4.02. The first kappa shape index (κ1) is 13.6. The molecule has 1 aromatic rings. The van der Waals surface area contributed by atoms with Crippen molar-refractivity contribution < 1.29 is 18.7 Å². The van der Waals surface area contributed by atoms with Crippen molar-refractivity contribution in [3.8, 4) is 0 Å². The van der Waals surface area contributed by atoms with Crippen LogP contribution in [0, 0.1) is 12.7 Å². The molecule has 1 rings (SSSR count). The average Bonchev–Trinajstić information content (AvgIpc) is 2.27. The largest absolute Gasteiger partial charge is 0.460 e. The maximum absolute atomic E-state index is 13.0. The Hall–Kier alpha value is -1.42. The summed E-state index contributed by atoms with van der Waals surface area (Å²) >= 11 is 0. The number of esters is 1. The number of aryl methyl sites for hydroxylation is 1. The molecule has 0 atom stereocenters. The van der Waals surface area contributed by atoms with Gasteiger partial charge in [0.25, 0.3) is 0 Å². The lowest BCUT2D eigenvalue weighted by molar-refractivity contribution is 0.0177. The van der Waals surface area contributed by atoms with Crippen LogP contribution in [0.3, 0.4) is 0 Å². The fourth-order valence-electron chi connectivity index (χ4n) is 1.27. The summed E-state index contributed by atoms with van der Waals surface area (Å²) in [5.74, 6) is -0.787. The molecule has 0 N–H and O–H groups in total. The van der Waals surface area contributed by atoms with Crippen LogP contribution in [-0.2, 0) is 9.47 Å². The van der Waals surface area contributed by atoms with Gasteiger partial charge in [-0.15, -0.1) is 0 Å². The molecule has 3 nitrogen and oxygen atoms in total. The molecule has 0 aliphatic rings. The van der Waals surface area contributed by atoms with Crippen LogP contribution in [0.1, 0.15) is 29.8 Å². The second kappa shape index (κ2) is 6.35. The van der Waals surface area contributed by atoms with Crippen LogP contribution in [0.15, 0.2) is 18.2 Å². The van der Waals surface area contributed by atoms with E-state index in [9.17, 15) is 9.18 Å². The van der Waals surface area contributed by atoms with E-state index < -0.39 is 5.97 Å². The first-order chi connectivity index (χ1) is 8.00. The summed E-state index contributed by atoms with van der Waals surface area (Å²) in [6, 6.07) is 4.14. The molecule has 0 aromatic heterocycles. The molecule has 17 heavy (non-hydrogen) atoms. The van der Waals surface area contributed by atoms with Crippen molar-refractivity contribution >= 4 is 5.97 Å². The molecule has 0 bridgehead atoms. The number of carbonyl (C=O) groups excluding carboxylic acids is 1. The Morgan fingerprint density at radius 2 is 2.06 bits per heavy atom. The van der Waals surface area contributed by atoms with Crippen LogP contribution in [-0.4, -0.2) is 25.3 Å². The van der Waals surface area contributed by atoms with Crippen LogP contribution in [0.5, 0.6) is 0 Å². The van der Waals surface area contributed by atoms with Crippen LogP contribution >= 0.6 is 0 Å². The van der Waals surface area contributed by atoms with E-state index in [1.54, 1.807) is 6.92 Å². The molecule has 94 valence electrons. The lowest BCUT2D eigenvalue weighted by Gasteiger charge is -2.08. The minimum absolute atomic E-state index is 0.113. The molecule has 0 aliphatic carbocycles. The number of hydrogen-bond donors (Lipinski definition) is 0. The van der Waals surface area contributed by atoms with Crippen LogP contribution in [0.2, 0.25) is 0 Å². The lowest BCUT2D eigenvalue weighted by Crippen LogP contribution is -2.13. The van der Waals surface area contributed by atoms with Crippen molar-refractivity contribution in [3.63, 3.8) is 0 Å². The maximum Gasteiger partial charge on any atom is 0.338 e. The summed E-state index contributed by atoms with van der Waals surface area (Å²) in [4.78, 5) is 11.6. The van der Waals surface area contributed by atoms with Gasteiger partial charge in [-0.25, -0.2) is 9.18 Å². The predicted octanol–water partition coefficient (Wildman–Crippen LogP) is 2.72. The molecule has 0 amide bonds. The van der Waals surface area contributed by atoms with E-state index >= 15 is 0 Å². The van der Waals surface area contributed by atoms with Crippen molar-refractivity contribution in [1.29, 1.82) is 0 Å². The fraction of sp³-hybridized carbons (Fsp3) is 0.462. The quantitative estimate of drug-likeness (QED) is 0.586. The van der Waals surface area contributed by atoms with Gasteiger partial charge in [0.05, 0.1) is 18.3 Å². The van der Waals surface area contributed by atoms with Crippen molar-refractivity contribution in [1.82, 2.24) is 0 Å². The van der Waals surface area contributed by atoms with Crippen LogP contribution in [0.25, 0.3) is 0 Å². The predicted molar refractivity (Wildman–Crippen MR) is 62.5 cm³/mol. The average molecular weight is 240 g/mol. The van der Waals surface area contributed by atoms with E-state index in [0.29, 0.717) is 17.7 Å². The Labute approximate surface area is 101 Å². The third kappa shape index (κ3) is 4.53. The summed E-state index contributed by atoms with van der Waals surface area (Å²) < 4.78 is 23.2. The molecule has 0 radical (unpaired) electrons. The minimum Gasteiger partial charge on any atom is -0.460 e. The smallest absolute Gasteiger partial charge is 0.338 e. The molecule has 0 unspecified atom stereocenters. The second-order valence-corrected chi connectivity index (χ2v) is 4.02. The normalized spacial score (nSPS) is 10.6. The summed E-state index contributed by atoms with van der Waals surface area (Å²) in [7, 11) is 0. The minimum atomic E-state index is -0.458. The Kier molecular flexibility index (Phi) is 5.10. The molecule has 0 saturated heterocycles. The molecule has 0 spiro atoms. The van der Waals surface area contributed by atoms with Crippen molar-refractivity contribution in [3.05, 3.63) is 35.1 Å². The van der Waals surface area contributed by atoms with Gasteiger partial charge in [-0.3, -0.25) is 0 Å². The van der Waals surface area contributed by atoms with E-state index in [1.807, 2.05) is 13.8 Å². The lowest BCUT2D eigenvalue weighted by atomic mass is 10.1. The summed E-state index contributed by atoms with van der Waals surface area (Å²) in [5.41, 5.74) is 0.784. The molecule has 4 heteroatoms. The Balaban J connectivity index is 2.44. The SMILES string of the molecule is Cc1cc(C(=O)OCCOC(C)C)ccc1F. The van der Waals surface area contributed by atoms with Gasteiger partial charge in [0.2, 0.25) is 0 Å². The van der Waals surface area contributed by atoms with Crippen LogP contribution in [0.4, 0.5) is 4.39 Å². The molecule has 1 aromatic carbocycles. The zero-order chi connectivity index (χ0) is 12.8. The van der Waals surface area contributed by atoms with Crippen LogP contribution < -0.4 is 0 Å². The Morgan fingerprint density at radius 3 is 2.65 bits per heavy atom. The first-order valence-electron chi connectivity index (χ1n) is 5.55. The van der Waals surface area contributed by atoms with Crippen molar-refractivity contribution in [2.45, 2.75) is 26.9 Å². The highest BCUT2D eigenvalue weighted by Crippen LogP contribution is 2.10. The highest BCUT2D eigenvalue weighted by atomic mass is 19.1. The molecular formula is C13H17FO3. The number of rotatable bonds is 5. The van der Waals surface area contributed by atoms with Gasteiger partial charge in [0.15, 0.2) is 0 Å². The highest BCUT2D eigenvalue weighted by molar-refractivity contribution is 5.89. The molecule has 0 saturated carbocycles. The monoisotopic (exact) mass is 240 g/mol. The number of carbonyl (C=O) groups is 1. The number of halogens is 1. The zero-order valence-corrected chi connectivity index (χ0v) is 10.3. The van der Waals surface area contributed by atoms with Gasteiger partial charge in [-0.2, -0.15) is 0 Å². The van der Waals surface area contributed by atoms with E-state index in [4.69, 9.17) is 9.47 Å². The molecule has 0 heterocycles. The molecular weight excluding hydrogens is 223 g/mol.